The molecule has 76 valence electrons. The normalized spacial score (nSPS) is 17.9. The summed E-state index contributed by atoms with van der Waals surface area (Å²) in [6.07, 6.45) is 2.31. The van der Waals surface area contributed by atoms with Crippen LogP contribution in [0.2, 0.25) is 0 Å². The summed E-state index contributed by atoms with van der Waals surface area (Å²) in [7, 11) is 0. The average molecular weight is 256 g/mol. The number of aromatic nitrogens is 1. The van der Waals surface area contributed by atoms with E-state index in [9.17, 15) is 0 Å². The summed E-state index contributed by atoms with van der Waals surface area (Å²) < 4.78 is 1.04. The Kier molecular flexibility index (Phi) is 2.49. The molecule has 3 N–H and O–H groups in total. The molecule has 0 bridgehead atoms. The fraction of sp³-hybridized carbons (Fsp3) is 0.500. The van der Waals surface area contributed by atoms with Gasteiger partial charge in [0.1, 0.15) is 5.82 Å². The Balaban J connectivity index is 2.14. The van der Waals surface area contributed by atoms with Crippen LogP contribution in [0.5, 0.6) is 0 Å². The fourth-order valence-electron chi connectivity index (χ4n) is 1.42. The van der Waals surface area contributed by atoms with Gasteiger partial charge < -0.3 is 11.1 Å². The lowest BCUT2D eigenvalue weighted by Crippen LogP contribution is -2.31. The van der Waals surface area contributed by atoms with E-state index >= 15 is 0 Å². The fourth-order valence-corrected chi connectivity index (χ4v) is 1.64. The van der Waals surface area contributed by atoms with E-state index in [1.54, 1.807) is 0 Å². The summed E-state index contributed by atoms with van der Waals surface area (Å²) in [4.78, 5) is 4.43. The third-order valence-electron chi connectivity index (χ3n) is 2.66. The minimum absolute atomic E-state index is 0.132. The number of pyridine rings is 1. The zero-order valence-electron chi connectivity index (χ0n) is 8.18. The second kappa shape index (κ2) is 3.51. The lowest BCUT2D eigenvalue weighted by Gasteiger charge is -2.15. The molecule has 1 fully saturated rings. The van der Waals surface area contributed by atoms with Gasteiger partial charge in [-0.3, -0.25) is 0 Å². The quantitative estimate of drug-likeness (QED) is 0.870. The molecule has 0 saturated heterocycles. The van der Waals surface area contributed by atoms with Gasteiger partial charge >= 0.3 is 0 Å². The van der Waals surface area contributed by atoms with Crippen LogP contribution in [0.3, 0.4) is 0 Å². The average Bonchev–Trinajstić information content (AvgIpc) is 2.93. The Hall–Kier alpha value is -0.610. The number of nitrogens with one attached hydrogen (secondary N) is 1. The number of rotatable bonds is 3. The minimum atomic E-state index is 0.132. The van der Waals surface area contributed by atoms with Gasteiger partial charge in [-0.25, -0.2) is 4.98 Å². The molecule has 3 nitrogen and oxygen atoms in total. The van der Waals surface area contributed by atoms with Crippen LogP contribution in [-0.2, 0) is 0 Å². The molecule has 1 saturated carbocycles. The molecule has 2 rings (SSSR count). The van der Waals surface area contributed by atoms with Crippen molar-refractivity contribution in [1.82, 2.24) is 4.98 Å². The Morgan fingerprint density at radius 3 is 2.79 bits per heavy atom. The smallest absolute Gasteiger partial charge is 0.126 e. The Morgan fingerprint density at radius 2 is 2.29 bits per heavy atom. The van der Waals surface area contributed by atoms with Crippen molar-refractivity contribution >= 4 is 21.7 Å². The second-order valence-corrected chi connectivity index (χ2v) is 4.73. The van der Waals surface area contributed by atoms with Crippen LogP contribution in [0, 0.1) is 6.92 Å². The predicted molar refractivity (Wildman–Crippen MR) is 61.3 cm³/mol. The van der Waals surface area contributed by atoms with E-state index in [0.717, 1.165) is 28.8 Å². The zero-order valence-corrected chi connectivity index (χ0v) is 9.76. The molecule has 14 heavy (non-hydrogen) atoms. The predicted octanol–water partition coefficient (Wildman–Crippen LogP) is 2.06. The summed E-state index contributed by atoms with van der Waals surface area (Å²) in [6, 6.07) is 3.99. The highest BCUT2D eigenvalue weighted by molar-refractivity contribution is 9.10. The molecule has 1 aliphatic carbocycles. The molecular weight excluding hydrogens is 242 g/mol. The summed E-state index contributed by atoms with van der Waals surface area (Å²) in [6.45, 7) is 2.67. The number of halogens is 1. The van der Waals surface area contributed by atoms with Crippen LogP contribution in [0.4, 0.5) is 5.82 Å². The maximum absolute atomic E-state index is 5.69. The lowest BCUT2D eigenvalue weighted by molar-refractivity contribution is 0.736. The summed E-state index contributed by atoms with van der Waals surface area (Å²) in [5.74, 6) is 0.925. The molecule has 0 radical (unpaired) electrons. The van der Waals surface area contributed by atoms with E-state index in [2.05, 4.69) is 26.2 Å². The summed E-state index contributed by atoms with van der Waals surface area (Å²) in [5.41, 5.74) is 6.82. The highest BCUT2D eigenvalue weighted by Crippen LogP contribution is 2.37. The molecule has 0 amide bonds. The molecule has 0 unspecified atom stereocenters. The van der Waals surface area contributed by atoms with Gasteiger partial charge in [-0.15, -0.1) is 0 Å². The molecular formula is C10H14BrN3. The maximum Gasteiger partial charge on any atom is 0.126 e. The van der Waals surface area contributed by atoms with Gasteiger partial charge in [0.2, 0.25) is 0 Å². The van der Waals surface area contributed by atoms with E-state index < -0.39 is 0 Å². The first-order valence-electron chi connectivity index (χ1n) is 4.77. The minimum Gasteiger partial charge on any atom is -0.363 e. The zero-order chi connectivity index (χ0) is 10.2. The largest absolute Gasteiger partial charge is 0.363 e. The van der Waals surface area contributed by atoms with Crippen molar-refractivity contribution in [3.05, 3.63) is 22.3 Å². The van der Waals surface area contributed by atoms with Crippen LogP contribution in [0.25, 0.3) is 0 Å². The molecule has 0 aliphatic heterocycles. The number of hydrogen-bond acceptors (Lipinski definition) is 3. The van der Waals surface area contributed by atoms with Crippen LogP contribution < -0.4 is 11.1 Å². The van der Waals surface area contributed by atoms with Crippen LogP contribution in [-0.4, -0.2) is 17.1 Å². The van der Waals surface area contributed by atoms with E-state index in [1.165, 1.54) is 0 Å². The van der Waals surface area contributed by atoms with Gasteiger partial charge in [-0.05, 0) is 47.8 Å². The van der Waals surface area contributed by atoms with Crippen molar-refractivity contribution in [3.8, 4) is 0 Å². The van der Waals surface area contributed by atoms with E-state index in [-0.39, 0.29) is 5.54 Å². The van der Waals surface area contributed by atoms with Crippen LogP contribution in [0.15, 0.2) is 16.6 Å². The van der Waals surface area contributed by atoms with Gasteiger partial charge in [0.25, 0.3) is 0 Å². The second-order valence-electron chi connectivity index (χ2n) is 3.87. The van der Waals surface area contributed by atoms with Crippen molar-refractivity contribution in [3.63, 3.8) is 0 Å². The SMILES string of the molecule is Cc1nc(NC2(CN)CC2)ccc1Br. The first-order valence-corrected chi connectivity index (χ1v) is 5.56. The number of hydrogen-bond donors (Lipinski definition) is 2. The standard InChI is InChI=1S/C10H14BrN3/c1-7-8(11)2-3-9(13-7)14-10(6-12)4-5-10/h2-3H,4-6,12H2,1H3,(H,13,14). The first kappa shape index (κ1) is 9.93. The summed E-state index contributed by atoms with van der Waals surface area (Å²) in [5, 5.41) is 3.39. The Morgan fingerprint density at radius 1 is 1.57 bits per heavy atom. The molecule has 1 aromatic heterocycles. The van der Waals surface area contributed by atoms with Gasteiger partial charge in [-0.1, -0.05) is 0 Å². The lowest BCUT2D eigenvalue weighted by atomic mass is 10.2. The topological polar surface area (TPSA) is 50.9 Å². The molecule has 1 aliphatic rings. The third kappa shape index (κ3) is 1.91. The van der Waals surface area contributed by atoms with Crippen molar-refractivity contribution in [2.24, 2.45) is 5.73 Å². The Labute approximate surface area is 92.2 Å². The highest BCUT2D eigenvalue weighted by atomic mass is 79.9. The molecule has 1 heterocycles. The monoisotopic (exact) mass is 255 g/mol. The Bertz CT molecular complexity index is 347. The highest BCUT2D eigenvalue weighted by Gasteiger charge is 2.41. The van der Waals surface area contributed by atoms with E-state index in [4.69, 9.17) is 5.73 Å². The maximum atomic E-state index is 5.69. The van der Waals surface area contributed by atoms with Crippen molar-refractivity contribution in [1.29, 1.82) is 0 Å². The van der Waals surface area contributed by atoms with Gasteiger partial charge in [0.05, 0.1) is 11.2 Å². The molecule has 1 aromatic rings. The van der Waals surface area contributed by atoms with Crippen molar-refractivity contribution in [2.75, 3.05) is 11.9 Å². The van der Waals surface area contributed by atoms with Crippen molar-refractivity contribution in [2.45, 2.75) is 25.3 Å². The molecule has 0 spiro atoms. The number of aryl methyl sites for hydroxylation is 1. The van der Waals surface area contributed by atoms with E-state index in [0.29, 0.717) is 6.54 Å². The van der Waals surface area contributed by atoms with Gasteiger partial charge in [0.15, 0.2) is 0 Å². The molecule has 4 heteroatoms. The van der Waals surface area contributed by atoms with Crippen molar-refractivity contribution < 1.29 is 0 Å². The van der Waals surface area contributed by atoms with E-state index in [1.807, 2.05) is 19.1 Å². The van der Waals surface area contributed by atoms with Gasteiger partial charge in [0, 0.05) is 11.0 Å². The summed E-state index contributed by atoms with van der Waals surface area (Å²) >= 11 is 3.43. The molecule has 0 atom stereocenters. The number of nitrogens with zero attached hydrogens (tertiary/aromatic N) is 1. The third-order valence-corrected chi connectivity index (χ3v) is 3.50. The van der Waals surface area contributed by atoms with Gasteiger partial charge in [-0.2, -0.15) is 0 Å². The number of nitrogens with two attached hydrogens (primary N) is 1. The van der Waals surface area contributed by atoms with Crippen LogP contribution >= 0.6 is 15.9 Å². The molecule has 0 aromatic carbocycles. The van der Waals surface area contributed by atoms with Crippen LogP contribution in [0.1, 0.15) is 18.5 Å². The first-order chi connectivity index (χ1) is 6.65. The number of anilines is 1.